The van der Waals surface area contributed by atoms with Crippen LogP contribution in [-0.4, -0.2) is 26.2 Å². The van der Waals surface area contributed by atoms with Gasteiger partial charge in [-0.15, -0.1) is 0 Å². The molecule has 0 aromatic heterocycles. The molecule has 0 saturated carbocycles. The molecule has 0 heterocycles. The summed E-state index contributed by atoms with van der Waals surface area (Å²) in [4.78, 5) is 14.5. The predicted molar refractivity (Wildman–Crippen MR) is 53.4 cm³/mol. The zero-order valence-corrected chi connectivity index (χ0v) is 7.74. The third kappa shape index (κ3) is 2.15. The summed E-state index contributed by atoms with van der Waals surface area (Å²) in [6, 6.07) is 7.30. The summed E-state index contributed by atoms with van der Waals surface area (Å²) in [5.41, 5.74) is 1.59. The molecule has 0 atom stereocenters. The molecule has 0 radical (unpaired) electrons. The van der Waals surface area contributed by atoms with Crippen LogP contribution in [0.3, 0.4) is 0 Å². The molecule has 0 bridgehead atoms. The molecule has 0 aliphatic heterocycles. The minimum atomic E-state index is 0.661. The van der Waals surface area contributed by atoms with Crippen LogP contribution in [0.15, 0.2) is 29.3 Å². The van der Waals surface area contributed by atoms with Crippen LogP contribution in [0.25, 0.3) is 0 Å². The van der Waals surface area contributed by atoms with Gasteiger partial charge in [-0.1, -0.05) is 18.2 Å². The Morgan fingerprint density at radius 1 is 1.54 bits per heavy atom. The number of carbonyl (C=O) groups excluding carboxylic acids is 1. The van der Waals surface area contributed by atoms with Gasteiger partial charge in [-0.25, -0.2) is 0 Å². The summed E-state index contributed by atoms with van der Waals surface area (Å²) in [5, 5.41) is 2.95. The van der Waals surface area contributed by atoms with Gasteiger partial charge in [0.15, 0.2) is 0 Å². The first-order valence-corrected chi connectivity index (χ1v) is 4.02. The van der Waals surface area contributed by atoms with Gasteiger partial charge in [-0.05, 0) is 6.07 Å². The molecule has 3 heteroatoms. The SMILES string of the molecule is CN=C(NC)c1cccc(C=O)c1. The van der Waals surface area contributed by atoms with Gasteiger partial charge in [0.1, 0.15) is 12.1 Å². The van der Waals surface area contributed by atoms with Gasteiger partial charge >= 0.3 is 0 Å². The van der Waals surface area contributed by atoms with Crippen LogP contribution in [0, 0.1) is 0 Å². The number of hydrogen-bond acceptors (Lipinski definition) is 2. The fourth-order valence-corrected chi connectivity index (χ4v) is 1.14. The molecule has 68 valence electrons. The van der Waals surface area contributed by atoms with E-state index in [-0.39, 0.29) is 0 Å². The maximum atomic E-state index is 10.5. The highest BCUT2D eigenvalue weighted by Crippen LogP contribution is 2.03. The van der Waals surface area contributed by atoms with Crippen molar-refractivity contribution in [1.82, 2.24) is 5.32 Å². The van der Waals surface area contributed by atoms with Crippen molar-refractivity contribution in [2.24, 2.45) is 4.99 Å². The summed E-state index contributed by atoms with van der Waals surface area (Å²) in [6.07, 6.45) is 0.826. The second-order valence-corrected chi connectivity index (χ2v) is 2.57. The zero-order chi connectivity index (χ0) is 9.68. The Kier molecular flexibility index (Phi) is 3.20. The summed E-state index contributed by atoms with van der Waals surface area (Å²) in [5.74, 6) is 0.781. The van der Waals surface area contributed by atoms with Crippen molar-refractivity contribution >= 4 is 12.1 Å². The van der Waals surface area contributed by atoms with Gasteiger partial charge in [-0.3, -0.25) is 9.79 Å². The third-order valence-corrected chi connectivity index (χ3v) is 1.76. The highest BCUT2D eigenvalue weighted by atomic mass is 16.1. The predicted octanol–water partition coefficient (Wildman–Crippen LogP) is 1.09. The molecule has 0 amide bonds. The molecule has 0 aliphatic carbocycles. The minimum Gasteiger partial charge on any atom is -0.373 e. The number of nitrogens with zero attached hydrogens (tertiary/aromatic N) is 1. The second-order valence-electron chi connectivity index (χ2n) is 2.57. The van der Waals surface area contributed by atoms with Crippen molar-refractivity contribution in [3.63, 3.8) is 0 Å². The van der Waals surface area contributed by atoms with Crippen LogP contribution in [0.4, 0.5) is 0 Å². The van der Waals surface area contributed by atoms with E-state index < -0.39 is 0 Å². The number of rotatable bonds is 2. The van der Waals surface area contributed by atoms with Crippen molar-refractivity contribution in [3.8, 4) is 0 Å². The number of aldehydes is 1. The smallest absolute Gasteiger partial charge is 0.150 e. The van der Waals surface area contributed by atoms with Crippen LogP contribution in [0.1, 0.15) is 15.9 Å². The quantitative estimate of drug-likeness (QED) is 0.416. The number of amidine groups is 1. The van der Waals surface area contributed by atoms with Gasteiger partial charge in [0.05, 0.1) is 0 Å². The standard InChI is InChI=1S/C10H12N2O/c1-11-10(12-2)9-5-3-4-8(6-9)7-13/h3-7H,1-2H3,(H,11,12). The Hall–Kier alpha value is -1.64. The van der Waals surface area contributed by atoms with E-state index in [2.05, 4.69) is 10.3 Å². The van der Waals surface area contributed by atoms with Gasteiger partial charge in [0, 0.05) is 25.2 Å². The van der Waals surface area contributed by atoms with E-state index in [1.165, 1.54) is 0 Å². The molecule has 13 heavy (non-hydrogen) atoms. The molecular formula is C10H12N2O. The molecule has 1 aromatic carbocycles. The van der Waals surface area contributed by atoms with Crippen molar-refractivity contribution in [1.29, 1.82) is 0 Å². The van der Waals surface area contributed by atoms with Crippen LogP contribution in [0.5, 0.6) is 0 Å². The molecule has 0 spiro atoms. The van der Waals surface area contributed by atoms with Crippen LogP contribution in [0.2, 0.25) is 0 Å². The molecule has 0 saturated heterocycles. The van der Waals surface area contributed by atoms with E-state index in [1.54, 1.807) is 26.2 Å². The minimum absolute atomic E-state index is 0.661. The van der Waals surface area contributed by atoms with E-state index >= 15 is 0 Å². The second kappa shape index (κ2) is 4.40. The van der Waals surface area contributed by atoms with Crippen molar-refractivity contribution in [2.75, 3.05) is 14.1 Å². The van der Waals surface area contributed by atoms with Crippen LogP contribution in [-0.2, 0) is 0 Å². The zero-order valence-electron chi connectivity index (χ0n) is 7.74. The maximum Gasteiger partial charge on any atom is 0.150 e. The average molecular weight is 176 g/mol. The molecule has 1 aromatic rings. The van der Waals surface area contributed by atoms with Crippen LogP contribution < -0.4 is 5.32 Å². The molecule has 1 rings (SSSR count). The van der Waals surface area contributed by atoms with E-state index in [9.17, 15) is 4.79 Å². The molecule has 1 N–H and O–H groups in total. The number of benzene rings is 1. The first-order valence-electron chi connectivity index (χ1n) is 4.02. The first-order chi connectivity index (χ1) is 6.31. The fourth-order valence-electron chi connectivity index (χ4n) is 1.14. The monoisotopic (exact) mass is 176 g/mol. The number of aliphatic imine (C=N–C) groups is 1. The molecule has 0 unspecified atom stereocenters. The lowest BCUT2D eigenvalue weighted by atomic mass is 10.1. The first kappa shape index (κ1) is 9.45. The van der Waals surface area contributed by atoms with E-state index in [0.29, 0.717) is 5.56 Å². The van der Waals surface area contributed by atoms with Gasteiger partial charge in [0.2, 0.25) is 0 Å². The lowest BCUT2D eigenvalue weighted by Gasteiger charge is -2.04. The summed E-state index contributed by atoms with van der Waals surface area (Å²) >= 11 is 0. The molecule has 3 nitrogen and oxygen atoms in total. The Balaban J connectivity index is 3.07. The third-order valence-electron chi connectivity index (χ3n) is 1.76. The fraction of sp³-hybridized carbons (Fsp3) is 0.200. The lowest BCUT2D eigenvalue weighted by molar-refractivity contribution is 0.112. The Bertz CT molecular complexity index is 331. The Morgan fingerprint density at radius 3 is 2.85 bits per heavy atom. The van der Waals surface area contributed by atoms with Gasteiger partial charge < -0.3 is 5.32 Å². The van der Waals surface area contributed by atoms with E-state index in [0.717, 1.165) is 17.7 Å². The molecule has 0 fully saturated rings. The number of carbonyl (C=O) groups is 1. The number of hydrogen-bond donors (Lipinski definition) is 1. The van der Waals surface area contributed by atoms with E-state index in [4.69, 9.17) is 0 Å². The van der Waals surface area contributed by atoms with Crippen LogP contribution >= 0.6 is 0 Å². The topological polar surface area (TPSA) is 41.5 Å². The van der Waals surface area contributed by atoms with Crippen molar-refractivity contribution in [2.45, 2.75) is 0 Å². The van der Waals surface area contributed by atoms with Gasteiger partial charge in [-0.2, -0.15) is 0 Å². The molecule has 0 aliphatic rings. The maximum absolute atomic E-state index is 10.5. The average Bonchev–Trinajstić information content (AvgIpc) is 2.20. The lowest BCUT2D eigenvalue weighted by Crippen LogP contribution is -2.19. The largest absolute Gasteiger partial charge is 0.373 e. The van der Waals surface area contributed by atoms with E-state index in [1.807, 2.05) is 12.1 Å². The Morgan fingerprint density at radius 2 is 2.31 bits per heavy atom. The van der Waals surface area contributed by atoms with Crippen molar-refractivity contribution in [3.05, 3.63) is 35.4 Å². The van der Waals surface area contributed by atoms with Crippen molar-refractivity contribution < 1.29 is 4.79 Å². The summed E-state index contributed by atoms with van der Waals surface area (Å²) in [6.45, 7) is 0. The highest BCUT2D eigenvalue weighted by molar-refractivity contribution is 5.99. The molecular weight excluding hydrogens is 164 g/mol. The number of nitrogens with one attached hydrogen (secondary N) is 1. The Labute approximate surface area is 77.5 Å². The van der Waals surface area contributed by atoms with Gasteiger partial charge in [0.25, 0.3) is 0 Å². The normalized spacial score (nSPS) is 11.1. The summed E-state index contributed by atoms with van der Waals surface area (Å²) < 4.78 is 0. The summed E-state index contributed by atoms with van der Waals surface area (Å²) in [7, 11) is 3.51. The highest BCUT2D eigenvalue weighted by Gasteiger charge is 1.99.